The number of amides is 1. The summed E-state index contributed by atoms with van der Waals surface area (Å²) in [6, 6.07) is 9.54. The van der Waals surface area contributed by atoms with E-state index in [0.717, 1.165) is 12.1 Å². The van der Waals surface area contributed by atoms with Crippen LogP contribution in [0, 0.1) is 23.4 Å². The Hall–Kier alpha value is -4.06. The van der Waals surface area contributed by atoms with Gasteiger partial charge in [-0.05, 0) is 66.4 Å². The minimum Gasteiger partial charge on any atom is -0.487 e. The number of carbonyl (C=O) groups is 1. The summed E-state index contributed by atoms with van der Waals surface area (Å²) in [6.07, 6.45) is 4.40. The number of hydrogen-bond acceptors (Lipinski definition) is 6. The first-order valence-corrected chi connectivity index (χ1v) is 13.1. The number of ether oxygens (including phenoxy) is 1. The molecule has 5 rings (SSSR count). The first-order chi connectivity index (χ1) is 19.6. The van der Waals surface area contributed by atoms with Crippen LogP contribution in [0.2, 0.25) is 0 Å². The molecule has 2 aliphatic rings. The van der Waals surface area contributed by atoms with Crippen LogP contribution < -0.4 is 9.64 Å². The lowest BCUT2D eigenvalue weighted by Crippen LogP contribution is -2.41. The number of nitrogens with zero attached hydrogens (tertiary/aromatic N) is 4. The smallest absolute Gasteiger partial charge is 0.303 e. The van der Waals surface area contributed by atoms with Crippen LogP contribution in [0.25, 0.3) is 11.1 Å². The van der Waals surface area contributed by atoms with Gasteiger partial charge in [-0.15, -0.1) is 0 Å². The molecule has 1 saturated heterocycles. The van der Waals surface area contributed by atoms with E-state index in [-0.39, 0.29) is 23.1 Å². The Morgan fingerprint density at radius 1 is 1.02 bits per heavy atom. The predicted octanol–water partition coefficient (Wildman–Crippen LogP) is 5.35. The topological polar surface area (TPSA) is 78.3 Å². The average molecular weight is 575 g/mol. The maximum atomic E-state index is 14.7. The second-order valence-corrected chi connectivity index (χ2v) is 10.0. The van der Waals surface area contributed by atoms with Crippen molar-refractivity contribution in [2.45, 2.75) is 31.2 Å². The van der Waals surface area contributed by atoms with Crippen LogP contribution in [0.4, 0.5) is 27.8 Å². The summed E-state index contributed by atoms with van der Waals surface area (Å²) < 4.78 is 74.0. The van der Waals surface area contributed by atoms with Gasteiger partial charge in [0.25, 0.3) is 0 Å². The van der Waals surface area contributed by atoms with Crippen molar-refractivity contribution in [3.8, 4) is 16.9 Å². The Kier molecular flexibility index (Phi) is 8.20. The summed E-state index contributed by atoms with van der Waals surface area (Å²) in [6.45, 7) is -1.46. The standard InChI is InChI=1S/C29H27F5N4O3/c30-21-11-20(12-22(31)14-21)26-4-8-36-38(26)28(40)18-5-9-37(10-6-18)27-13-19(3-7-35-27)24-15-23(1-2-25(24)32)41-17-29(33,34)16-39/h1-3,7-8,11-15,18,26,39H,4-6,9-10,16-17H2. The van der Waals surface area contributed by atoms with E-state index >= 15 is 0 Å². The molecule has 0 aliphatic carbocycles. The maximum absolute atomic E-state index is 14.7. The van der Waals surface area contributed by atoms with Crippen molar-refractivity contribution in [2.75, 3.05) is 31.2 Å². The number of hydrogen-bond donors (Lipinski definition) is 1. The molecule has 12 heteroatoms. The Balaban J connectivity index is 1.25. The van der Waals surface area contributed by atoms with Gasteiger partial charge in [0.1, 0.15) is 35.6 Å². The van der Waals surface area contributed by atoms with Gasteiger partial charge in [0.15, 0.2) is 6.61 Å². The number of rotatable bonds is 8. The molecule has 216 valence electrons. The minimum atomic E-state index is -3.43. The lowest BCUT2D eigenvalue weighted by atomic mass is 9.94. The third kappa shape index (κ3) is 6.48. The van der Waals surface area contributed by atoms with Crippen LogP contribution in [-0.2, 0) is 4.79 Å². The molecule has 0 radical (unpaired) electrons. The minimum absolute atomic E-state index is 0.0241. The molecule has 3 heterocycles. The second kappa shape index (κ2) is 11.8. The zero-order valence-corrected chi connectivity index (χ0v) is 21.8. The molecule has 2 aromatic carbocycles. The Bertz CT molecular complexity index is 1430. The predicted molar refractivity (Wildman–Crippen MR) is 141 cm³/mol. The van der Waals surface area contributed by atoms with Crippen LogP contribution in [0.5, 0.6) is 5.75 Å². The Labute approximate surface area is 232 Å². The molecule has 1 aromatic heterocycles. The fourth-order valence-corrected chi connectivity index (χ4v) is 5.02. The quantitative estimate of drug-likeness (QED) is 0.367. The van der Waals surface area contributed by atoms with E-state index in [9.17, 15) is 26.7 Å². The summed E-state index contributed by atoms with van der Waals surface area (Å²) in [4.78, 5) is 19.7. The second-order valence-electron chi connectivity index (χ2n) is 10.0. The number of aliphatic hydroxyl groups is 1. The molecule has 2 aliphatic heterocycles. The van der Waals surface area contributed by atoms with Crippen LogP contribution >= 0.6 is 0 Å². The fraction of sp³-hybridized carbons (Fsp3) is 0.345. The highest BCUT2D eigenvalue weighted by atomic mass is 19.3. The van der Waals surface area contributed by atoms with E-state index < -0.39 is 42.6 Å². The number of alkyl halides is 2. The lowest BCUT2D eigenvalue weighted by molar-refractivity contribution is -0.138. The molecule has 1 N–H and O–H groups in total. The van der Waals surface area contributed by atoms with Crippen LogP contribution in [0.3, 0.4) is 0 Å². The number of aliphatic hydroxyl groups excluding tert-OH is 1. The molecular weight excluding hydrogens is 547 g/mol. The number of aromatic nitrogens is 1. The van der Waals surface area contributed by atoms with Crippen LogP contribution in [0.1, 0.15) is 30.9 Å². The molecule has 3 aromatic rings. The Morgan fingerprint density at radius 3 is 2.46 bits per heavy atom. The molecule has 7 nitrogen and oxygen atoms in total. The molecule has 0 saturated carbocycles. The third-order valence-electron chi connectivity index (χ3n) is 7.17. The molecule has 1 unspecified atom stereocenters. The maximum Gasteiger partial charge on any atom is 0.303 e. The van der Waals surface area contributed by atoms with Gasteiger partial charge >= 0.3 is 5.92 Å². The average Bonchev–Trinajstić information content (AvgIpc) is 3.46. The van der Waals surface area contributed by atoms with Crippen molar-refractivity contribution >= 4 is 17.9 Å². The van der Waals surface area contributed by atoms with Gasteiger partial charge in [-0.2, -0.15) is 5.10 Å². The number of halogens is 5. The number of pyridine rings is 1. The summed E-state index contributed by atoms with van der Waals surface area (Å²) >= 11 is 0. The lowest BCUT2D eigenvalue weighted by Gasteiger charge is -2.34. The highest BCUT2D eigenvalue weighted by Crippen LogP contribution is 2.34. The molecule has 41 heavy (non-hydrogen) atoms. The van der Waals surface area contributed by atoms with E-state index in [0.29, 0.717) is 49.3 Å². The van der Waals surface area contributed by atoms with Gasteiger partial charge in [0.2, 0.25) is 5.91 Å². The van der Waals surface area contributed by atoms with Crippen LogP contribution in [0.15, 0.2) is 59.8 Å². The summed E-state index contributed by atoms with van der Waals surface area (Å²) in [7, 11) is 0. The largest absolute Gasteiger partial charge is 0.487 e. The van der Waals surface area contributed by atoms with Gasteiger partial charge in [-0.3, -0.25) is 4.79 Å². The zero-order chi connectivity index (χ0) is 29.1. The number of piperidine rings is 1. The fourth-order valence-electron chi connectivity index (χ4n) is 5.02. The first-order valence-electron chi connectivity index (χ1n) is 13.1. The molecule has 1 amide bonds. The van der Waals surface area contributed by atoms with Gasteiger partial charge in [-0.1, -0.05) is 0 Å². The number of benzene rings is 2. The van der Waals surface area contributed by atoms with E-state index in [1.165, 1.54) is 35.5 Å². The normalized spacial score (nSPS) is 17.8. The van der Waals surface area contributed by atoms with Crippen molar-refractivity contribution in [3.05, 3.63) is 77.7 Å². The van der Waals surface area contributed by atoms with Crippen molar-refractivity contribution in [2.24, 2.45) is 11.0 Å². The van der Waals surface area contributed by atoms with Gasteiger partial charge in [0.05, 0.1) is 6.04 Å². The summed E-state index contributed by atoms with van der Waals surface area (Å²) in [5.41, 5.74) is 0.938. The van der Waals surface area contributed by atoms with Gasteiger partial charge in [0, 0.05) is 49.5 Å². The van der Waals surface area contributed by atoms with Crippen LogP contribution in [-0.4, -0.2) is 59.4 Å². The molecule has 0 spiro atoms. The van der Waals surface area contributed by atoms with Crippen molar-refractivity contribution < 1.29 is 36.6 Å². The third-order valence-corrected chi connectivity index (χ3v) is 7.17. The van der Waals surface area contributed by atoms with Gasteiger partial charge < -0.3 is 14.7 Å². The van der Waals surface area contributed by atoms with Crippen molar-refractivity contribution in [1.29, 1.82) is 0 Å². The van der Waals surface area contributed by atoms with E-state index in [1.807, 2.05) is 4.90 Å². The number of carbonyl (C=O) groups excluding carboxylic acids is 1. The first kappa shape index (κ1) is 28.5. The molecule has 1 atom stereocenters. The monoisotopic (exact) mass is 574 g/mol. The highest BCUT2D eigenvalue weighted by molar-refractivity contribution is 5.82. The summed E-state index contributed by atoms with van der Waals surface area (Å²) in [5, 5.41) is 14.2. The molecule has 1 fully saturated rings. The SMILES string of the molecule is O=C(C1CCN(c2cc(-c3cc(OCC(F)(F)CO)ccc3F)ccn2)CC1)N1N=CCC1c1cc(F)cc(F)c1. The number of anilines is 1. The molecule has 0 bridgehead atoms. The molecular formula is C29H27F5N4O3. The Morgan fingerprint density at radius 2 is 1.76 bits per heavy atom. The van der Waals surface area contributed by atoms with Crippen molar-refractivity contribution in [3.63, 3.8) is 0 Å². The zero-order valence-electron chi connectivity index (χ0n) is 21.8. The van der Waals surface area contributed by atoms with E-state index in [1.54, 1.807) is 18.3 Å². The number of hydrazone groups is 1. The van der Waals surface area contributed by atoms with E-state index in [4.69, 9.17) is 9.84 Å². The summed E-state index contributed by atoms with van der Waals surface area (Å²) in [5.74, 6) is -5.43. The van der Waals surface area contributed by atoms with Crippen molar-refractivity contribution in [1.82, 2.24) is 9.99 Å². The van der Waals surface area contributed by atoms with Gasteiger partial charge in [-0.25, -0.2) is 31.9 Å². The highest BCUT2D eigenvalue weighted by Gasteiger charge is 2.35. The van der Waals surface area contributed by atoms with E-state index in [2.05, 4.69) is 10.1 Å².